The third-order valence-electron chi connectivity index (χ3n) is 0.935. The average molecular weight is 158 g/mol. The quantitative estimate of drug-likeness (QED) is 0.565. The van der Waals surface area contributed by atoms with E-state index in [1.54, 1.807) is 6.20 Å². The highest BCUT2D eigenvalue weighted by atomic mass is 32.1. The van der Waals surface area contributed by atoms with E-state index in [2.05, 4.69) is 4.98 Å². The Hall–Kier alpha value is -1.10. The predicted molar refractivity (Wildman–Crippen MR) is 34.0 cm³/mol. The molecule has 0 amide bonds. The Morgan fingerprint density at radius 1 is 1.90 bits per heavy atom. The third-order valence-corrected chi connectivity index (χ3v) is 1.80. The molecule has 1 heterocycles. The molecule has 0 aliphatic heterocycles. The Morgan fingerprint density at radius 2 is 2.60 bits per heavy atom. The van der Waals surface area contributed by atoms with E-state index in [-0.39, 0.29) is 6.42 Å². The molecule has 0 aliphatic carbocycles. The van der Waals surface area contributed by atoms with Crippen molar-refractivity contribution < 1.29 is 14.9 Å². The molecule has 0 aromatic carbocycles. The molecule has 1 aromatic rings. The number of carbonyl (C=O) groups excluding carboxylic acids is 1. The standard InChI is InChI=1S/C5H6N2O2S/c6-5-7-2-3(10-5)1-4(8)9/h2H,1H2,(H2,6,7)(H,8,9). The van der Waals surface area contributed by atoms with E-state index < -0.39 is 5.97 Å². The largest absolute Gasteiger partial charge is 0.550 e. The maximum Gasteiger partial charge on any atom is 0.329 e. The van der Waals surface area contributed by atoms with Gasteiger partial charge in [0.25, 0.3) is 0 Å². The summed E-state index contributed by atoms with van der Waals surface area (Å²) in [4.78, 5) is 13.4. The van der Waals surface area contributed by atoms with Crippen LogP contribution in [0.5, 0.6) is 0 Å². The summed E-state index contributed by atoms with van der Waals surface area (Å²) in [7, 11) is 0. The van der Waals surface area contributed by atoms with Gasteiger partial charge in [-0.05, 0) is 0 Å². The van der Waals surface area contributed by atoms with Gasteiger partial charge >= 0.3 is 5.13 Å². The first-order valence-electron chi connectivity index (χ1n) is 2.64. The van der Waals surface area contributed by atoms with E-state index in [0.29, 0.717) is 10.0 Å². The first-order valence-corrected chi connectivity index (χ1v) is 3.46. The number of carboxylic acid groups (broad SMARTS) is 1. The van der Waals surface area contributed by atoms with Crippen molar-refractivity contribution in [3.8, 4) is 0 Å². The number of nitrogens with one attached hydrogen (secondary N) is 1. The second-order valence-electron chi connectivity index (χ2n) is 1.77. The first-order chi connectivity index (χ1) is 4.68. The molecule has 0 atom stereocenters. The van der Waals surface area contributed by atoms with Crippen LogP contribution in [0.2, 0.25) is 0 Å². The molecular formula is C5H6N2O2S. The highest BCUT2D eigenvalue weighted by Crippen LogP contribution is 2.10. The zero-order chi connectivity index (χ0) is 7.56. The van der Waals surface area contributed by atoms with Gasteiger partial charge in [-0.25, -0.2) is 4.98 Å². The van der Waals surface area contributed by atoms with Crippen molar-refractivity contribution in [1.82, 2.24) is 0 Å². The molecule has 54 valence electrons. The van der Waals surface area contributed by atoms with E-state index in [1.165, 1.54) is 11.3 Å². The number of aromatic nitrogens is 1. The topological polar surface area (TPSA) is 80.3 Å². The number of aliphatic carboxylic acids is 1. The molecule has 1 aromatic heterocycles. The number of carboxylic acids is 1. The fourth-order valence-electron chi connectivity index (χ4n) is 0.581. The van der Waals surface area contributed by atoms with Crippen molar-refractivity contribution in [2.75, 3.05) is 5.73 Å². The number of hydrogen-bond donors (Lipinski definition) is 1. The van der Waals surface area contributed by atoms with Gasteiger partial charge in [0.2, 0.25) is 0 Å². The Bertz CT molecular complexity index is 246. The van der Waals surface area contributed by atoms with Crippen molar-refractivity contribution in [3.63, 3.8) is 0 Å². The minimum atomic E-state index is -1.09. The molecule has 1 rings (SSSR count). The highest BCUT2D eigenvalue weighted by Gasteiger charge is 2.01. The van der Waals surface area contributed by atoms with Crippen molar-refractivity contribution in [1.29, 1.82) is 0 Å². The fraction of sp³-hybridized carbons (Fsp3) is 0.200. The molecule has 0 fully saturated rings. The summed E-state index contributed by atoms with van der Waals surface area (Å²) >= 11 is 1.22. The molecule has 5 heteroatoms. The number of hydrogen-bond acceptors (Lipinski definition) is 4. The van der Waals surface area contributed by atoms with Crippen molar-refractivity contribution in [2.45, 2.75) is 6.42 Å². The summed E-state index contributed by atoms with van der Waals surface area (Å²) < 4.78 is 0. The van der Waals surface area contributed by atoms with Gasteiger partial charge in [-0.15, -0.1) is 0 Å². The van der Waals surface area contributed by atoms with Crippen LogP contribution in [0.1, 0.15) is 4.88 Å². The second kappa shape index (κ2) is 2.66. The number of rotatable bonds is 2. The summed E-state index contributed by atoms with van der Waals surface area (Å²) in [5.41, 5.74) is 5.30. The minimum Gasteiger partial charge on any atom is -0.550 e. The lowest BCUT2D eigenvalue weighted by molar-refractivity contribution is -0.354. The van der Waals surface area contributed by atoms with Crippen LogP contribution in [0.15, 0.2) is 6.20 Å². The Kier molecular flexibility index (Phi) is 1.86. The van der Waals surface area contributed by atoms with Crippen LogP contribution in [0.4, 0.5) is 5.13 Å². The van der Waals surface area contributed by atoms with Crippen LogP contribution in [0.3, 0.4) is 0 Å². The van der Waals surface area contributed by atoms with Crippen LogP contribution in [-0.4, -0.2) is 5.97 Å². The van der Waals surface area contributed by atoms with Crippen molar-refractivity contribution in [3.05, 3.63) is 11.1 Å². The van der Waals surface area contributed by atoms with E-state index in [4.69, 9.17) is 5.73 Å². The minimum absolute atomic E-state index is 0.0711. The summed E-state index contributed by atoms with van der Waals surface area (Å²) in [5.74, 6) is -1.09. The number of anilines is 1. The first kappa shape index (κ1) is 7.01. The molecule has 0 spiro atoms. The molecule has 10 heavy (non-hydrogen) atoms. The lowest BCUT2D eigenvalue weighted by atomic mass is 10.4. The maximum absolute atomic E-state index is 10.0. The number of nitrogen functional groups attached to an aromatic ring is 1. The van der Waals surface area contributed by atoms with Crippen LogP contribution >= 0.6 is 11.3 Å². The van der Waals surface area contributed by atoms with Gasteiger partial charge in [0.1, 0.15) is 6.20 Å². The fourth-order valence-corrected chi connectivity index (χ4v) is 1.29. The van der Waals surface area contributed by atoms with Crippen LogP contribution in [0.25, 0.3) is 0 Å². The van der Waals surface area contributed by atoms with Gasteiger partial charge in [-0.2, -0.15) is 0 Å². The highest BCUT2D eigenvalue weighted by molar-refractivity contribution is 7.14. The van der Waals surface area contributed by atoms with Crippen molar-refractivity contribution >= 4 is 22.4 Å². The monoisotopic (exact) mass is 158 g/mol. The lowest BCUT2D eigenvalue weighted by Crippen LogP contribution is -2.23. The Morgan fingerprint density at radius 3 is 3.00 bits per heavy atom. The van der Waals surface area contributed by atoms with Crippen LogP contribution in [-0.2, 0) is 11.2 Å². The van der Waals surface area contributed by atoms with Gasteiger partial charge in [0, 0.05) is 12.4 Å². The van der Waals surface area contributed by atoms with Gasteiger partial charge in [0.05, 0.1) is 4.88 Å². The second-order valence-corrected chi connectivity index (χ2v) is 2.94. The zero-order valence-corrected chi connectivity index (χ0v) is 5.90. The number of carbonyl (C=O) groups is 1. The summed E-state index contributed by atoms with van der Waals surface area (Å²) in [5, 5.41) is 10.5. The van der Waals surface area contributed by atoms with Gasteiger partial charge in [-0.3, -0.25) is 5.73 Å². The summed E-state index contributed by atoms with van der Waals surface area (Å²) in [6.07, 6.45) is 1.49. The number of thiazole rings is 1. The molecule has 4 nitrogen and oxygen atoms in total. The van der Waals surface area contributed by atoms with E-state index in [0.717, 1.165) is 0 Å². The van der Waals surface area contributed by atoms with Crippen molar-refractivity contribution in [2.24, 2.45) is 0 Å². The normalized spacial score (nSPS) is 9.60. The molecule has 3 N–H and O–H groups in total. The molecule has 0 radical (unpaired) electrons. The summed E-state index contributed by atoms with van der Waals surface area (Å²) in [6.45, 7) is 0. The maximum atomic E-state index is 10.0. The third kappa shape index (κ3) is 1.70. The Balaban J connectivity index is 2.67. The van der Waals surface area contributed by atoms with Gasteiger partial charge < -0.3 is 9.90 Å². The van der Waals surface area contributed by atoms with Crippen LogP contribution in [0, 0.1) is 0 Å². The van der Waals surface area contributed by atoms with E-state index in [9.17, 15) is 9.90 Å². The number of H-pyrrole nitrogens is 1. The van der Waals surface area contributed by atoms with Gasteiger partial charge in [0.15, 0.2) is 0 Å². The SMILES string of the molecule is Nc1[nH+]cc(CC(=O)[O-])s1. The van der Waals surface area contributed by atoms with Gasteiger partial charge in [-0.1, -0.05) is 11.3 Å². The Labute approximate surface area is 61.3 Å². The molecule has 0 bridgehead atoms. The molecular weight excluding hydrogens is 152 g/mol. The zero-order valence-electron chi connectivity index (χ0n) is 5.09. The summed E-state index contributed by atoms with van der Waals surface area (Å²) in [6, 6.07) is 0. The number of nitrogens with two attached hydrogens (primary N) is 1. The van der Waals surface area contributed by atoms with E-state index >= 15 is 0 Å². The van der Waals surface area contributed by atoms with Crippen LogP contribution < -0.4 is 15.8 Å². The number of aromatic amines is 1. The molecule has 0 saturated carbocycles. The smallest absolute Gasteiger partial charge is 0.329 e. The average Bonchev–Trinajstić information content (AvgIpc) is 2.13. The lowest BCUT2D eigenvalue weighted by Gasteiger charge is -1.93. The molecule has 0 aliphatic rings. The predicted octanol–water partition coefficient (Wildman–Crippen LogP) is -1.56. The molecule has 0 unspecified atom stereocenters. The molecule has 0 saturated heterocycles. The van der Waals surface area contributed by atoms with E-state index in [1.807, 2.05) is 0 Å².